The van der Waals surface area contributed by atoms with E-state index < -0.39 is 0 Å². The highest BCUT2D eigenvalue weighted by molar-refractivity contribution is 5.21. The molecule has 0 radical (unpaired) electrons. The molecule has 0 aromatic carbocycles. The molecule has 0 aromatic rings. The summed E-state index contributed by atoms with van der Waals surface area (Å²) < 4.78 is 0. The SMILES string of the molecule is C=C(NC)C(=C)NCC1CC1C.C=C/C=C\C.CC.CC.CC.CCCC. The van der Waals surface area contributed by atoms with Crippen LogP contribution in [-0.2, 0) is 0 Å². The lowest BCUT2D eigenvalue weighted by Crippen LogP contribution is -2.21. The molecule has 2 N–H and O–H groups in total. The van der Waals surface area contributed by atoms with Gasteiger partial charge in [0.25, 0.3) is 0 Å². The minimum absolute atomic E-state index is 0.853. The Kier molecular flexibility index (Phi) is 48.1. The first-order chi connectivity index (χ1) is 13.0. The molecule has 1 saturated carbocycles. The van der Waals surface area contributed by atoms with Gasteiger partial charge < -0.3 is 10.6 Å². The van der Waals surface area contributed by atoms with Crippen LogP contribution in [0.3, 0.4) is 0 Å². The van der Waals surface area contributed by atoms with Crippen LogP contribution in [0, 0.1) is 11.8 Å². The Labute approximate surface area is 174 Å². The van der Waals surface area contributed by atoms with Gasteiger partial charge in [-0.15, -0.1) is 0 Å². The van der Waals surface area contributed by atoms with Gasteiger partial charge in [-0.05, 0) is 25.2 Å². The summed E-state index contributed by atoms with van der Waals surface area (Å²) >= 11 is 0. The molecule has 0 spiro atoms. The highest BCUT2D eigenvalue weighted by atomic mass is 15.0. The fourth-order valence-corrected chi connectivity index (χ4v) is 1.33. The lowest BCUT2D eigenvalue weighted by molar-refractivity contribution is 0.672. The van der Waals surface area contributed by atoms with Gasteiger partial charge in [-0.3, -0.25) is 0 Å². The average Bonchev–Trinajstić information content (AvgIpc) is 3.46. The number of hydrogen-bond acceptors (Lipinski definition) is 2. The molecule has 2 atom stereocenters. The molecule has 27 heavy (non-hydrogen) atoms. The molecule has 0 saturated heterocycles. The van der Waals surface area contributed by atoms with Crippen molar-refractivity contribution in [1.29, 1.82) is 0 Å². The second kappa shape index (κ2) is 35.6. The van der Waals surface area contributed by atoms with E-state index in [1.54, 1.807) is 6.08 Å². The number of likely N-dealkylation sites (N-methyl/N-ethyl adjacent to an activating group) is 1. The zero-order chi connectivity index (χ0) is 22.7. The van der Waals surface area contributed by atoms with Crippen molar-refractivity contribution in [2.75, 3.05) is 13.6 Å². The highest BCUT2D eigenvalue weighted by Gasteiger charge is 2.31. The number of allylic oxidation sites excluding steroid dienone is 3. The first-order valence-electron chi connectivity index (χ1n) is 11.0. The van der Waals surface area contributed by atoms with E-state index in [9.17, 15) is 0 Å². The Morgan fingerprint density at radius 2 is 1.37 bits per heavy atom. The summed E-state index contributed by atoms with van der Waals surface area (Å²) in [5, 5.41) is 6.23. The summed E-state index contributed by atoms with van der Waals surface area (Å²) in [5.41, 5.74) is 1.79. The second-order valence-electron chi connectivity index (χ2n) is 5.32. The largest absolute Gasteiger partial charge is 0.387 e. The van der Waals surface area contributed by atoms with Crippen molar-refractivity contribution in [1.82, 2.24) is 10.6 Å². The van der Waals surface area contributed by atoms with E-state index in [0.717, 1.165) is 29.8 Å². The molecular formula is C25H54N2. The standard InChI is InChI=1S/C10H18N2.C5H8.C4H10.3C2H6/c1-7-5-10(7)6-12-9(3)8(2)11-4;1-3-5-4-2;1-3-4-2;3*1-2/h7,10-12H,2-3,5-6H2,1,4H3;3-5H,1H2,2H3;3-4H2,1-2H3;3*1-2H3/b;5-4-;;;;. The third kappa shape index (κ3) is 36.3. The molecule has 0 heterocycles. The van der Waals surface area contributed by atoms with E-state index in [1.165, 1.54) is 19.3 Å². The zero-order valence-corrected chi connectivity index (χ0v) is 20.8. The van der Waals surface area contributed by atoms with E-state index in [4.69, 9.17) is 0 Å². The van der Waals surface area contributed by atoms with Crippen molar-refractivity contribution in [3.63, 3.8) is 0 Å². The third-order valence-electron chi connectivity index (χ3n) is 3.35. The molecule has 1 fully saturated rings. The van der Waals surface area contributed by atoms with Crippen molar-refractivity contribution in [2.45, 2.75) is 88.5 Å². The summed E-state index contributed by atoms with van der Waals surface area (Å²) in [5.74, 6) is 1.75. The molecule has 0 aliphatic heterocycles. The third-order valence-corrected chi connectivity index (χ3v) is 3.35. The summed E-state index contributed by atoms with van der Waals surface area (Å²) in [4.78, 5) is 0. The minimum atomic E-state index is 0.853. The second-order valence-corrected chi connectivity index (χ2v) is 5.32. The minimum Gasteiger partial charge on any atom is -0.387 e. The maximum atomic E-state index is 3.88. The zero-order valence-electron chi connectivity index (χ0n) is 20.8. The van der Waals surface area contributed by atoms with Crippen LogP contribution >= 0.6 is 0 Å². The lowest BCUT2D eigenvalue weighted by Gasteiger charge is -2.10. The molecule has 0 bridgehead atoms. The van der Waals surface area contributed by atoms with Gasteiger partial charge in [0.15, 0.2) is 0 Å². The first kappa shape index (κ1) is 36.5. The number of hydrogen-bond donors (Lipinski definition) is 2. The first-order valence-corrected chi connectivity index (χ1v) is 11.0. The summed E-state index contributed by atoms with van der Waals surface area (Å²) in [6.45, 7) is 32.8. The molecule has 1 aliphatic carbocycles. The van der Waals surface area contributed by atoms with Crippen molar-refractivity contribution in [2.24, 2.45) is 11.8 Å². The van der Waals surface area contributed by atoms with E-state index in [1.807, 2.05) is 67.7 Å². The average molecular weight is 383 g/mol. The van der Waals surface area contributed by atoms with Gasteiger partial charge in [0.2, 0.25) is 0 Å². The van der Waals surface area contributed by atoms with Gasteiger partial charge in [-0.1, -0.05) is 113 Å². The van der Waals surface area contributed by atoms with Gasteiger partial charge >= 0.3 is 0 Å². The van der Waals surface area contributed by atoms with Crippen LogP contribution < -0.4 is 10.6 Å². The van der Waals surface area contributed by atoms with Crippen molar-refractivity contribution in [3.05, 3.63) is 49.4 Å². The molecule has 1 rings (SSSR count). The van der Waals surface area contributed by atoms with Crippen molar-refractivity contribution in [3.8, 4) is 0 Å². The normalized spacial score (nSPS) is 15.1. The predicted molar refractivity (Wildman–Crippen MR) is 132 cm³/mol. The van der Waals surface area contributed by atoms with Crippen molar-refractivity contribution < 1.29 is 0 Å². The van der Waals surface area contributed by atoms with Crippen LogP contribution in [0.25, 0.3) is 0 Å². The fourth-order valence-electron chi connectivity index (χ4n) is 1.33. The Morgan fingerprint density at radius 3 is 1.56 bits per heavy atom. The lowest BCUT2D eigenvalue weighted by atomic mass is 10.3. The maximum absolute atomic E-state index is 3.88. The van der Waals surface area contributed by atoms with Gasteiger partial charge in [0.05, 0.1) is 0 Å². The van der Waals surface area contributed by atoms with Crippen LogP contribution in [0.4, 0.5) is 0 Å². The molecular weight excluding hydrogens is 328 g/mol. The van der Waals surface area contributed by atoms with Gasteiger partial charge in [0, 0.05) is 25.0 Å². The van der Waals surface area contributed by atoms with Crippen LogP contribution in [0.2, 0.25) is 0 Å². The Balaban J connectivity index is -0.0000000904. The van der Waals surface area contributed by atoms with Gasteiger partial charge in [0.1, 0.15) is 0 Å². The smallest absolute Gasteiger partial charge is 0.0496 e. The number of unbranched alkanes of at least 4 members (excludes halogenated alkanes) is 1. The quantitative estimate of drug-likeness (QED) is 0.434. The molecule has 0 aromatic heterocycles. The summed E-state index contributed by atoms with van der Waals surface area (Å²) in [6, 6.07) is 0. The van der Waals surface area contributed by atoms with E-state index >= 15 is 0 Å². The summed E-state index contributed by atoms with van der Waals surface area (Å²) in [7, 11) is 1.86. The topological polar surface area (TPSA) is 24.1 Å². The Morgan fingerprint density at radius 1 is 0.963 bits per heavy atom. The van der Waals surface area contributed by atoms with Gasteiger partial charge in [-0.2, -0.15) is 0 Å². The van der Waals surface area contributed by atoms with E-state index in [-0.39, 0.29) is 0 Å². The molecule has 2 unspecified atom stereocenters. The molecule has 2 nitrogen and oxygen atoms in total. The van der Waals surface area contributed by atoms with Crippen molar-refractivity contribution >= 4 is 0 Å². The molecule has 1 aliphatic rings. The molecule has 164 valence electrons. The maximum Gasteiger partial charge on any atom is 0.0496 e. The Hall–Kier alpha value is -1.44. The molecule has 0 amide bonds. The van der Waals surface area contributed by atoms with E-state index in [0.29, 0.717) is 0 Å². The number of nitrogens with one attached hydrogen (secondary N) is 2. The van der Waals surface area contributed by atoms with Crippen LogP contribution in [0.15, 0.2) is 49.4 Å². The van der Waals surface area contributed by atoms with Crippen LogP contribution in [0.5, 0.6) is 0 Å². The fraction of sp³-hybridized carbons (Fsp3) is 0.680. The van der Waals surface area contributed by atoms with E-state index in [2.05, 4.69) is 51.1 Å². The summed E-state index contributed by atoms with van der Waals surface area (Å²) in [6.07, 6.45) is 9.57. The molecule has 2 heteroatoms. The Bertz CT molecular complexity index is 314. The van der Waals surface area contributed by atoms with Crippen LogP contribution in [-0.4, -0.2) is 13.6 Å². The predicted octanol–water partition coefficient (Wildman–Crippen LogP) is 8.11. The van der Waals surface area contributed by atoms with Crippen LogP contribution in [0.1, 0.15) is 88.5 Å². The highest BCUT2D eigenvalue weighted by Crippen LogP contribution is 2.36. The monoisotopic (exact) mass is 382 g/mol. The number of rotatable bonds is 7. The van der Waals surface area contributed by atoms with Gasteiger partial charge in [-0.25, -0.2) is 0 Å².